The molecule has 0 aliphatic rings. The highest BCUT2D eigenvalue weighted by molar-refractivity contribution is 9.11. The van der Waals surface area contributed by atoms with E-state index in [-0.39, 0.29) is 0 Å². The summed E-state index contributed by atoms with van der Waals surface area (Å²) in [5.41, 5.74) is 1.17. The SMILES string of the molecule is Oc1ccc(CCNc2ncc(Br)cc2Br)cc1. The quantitative estimate of drug-likeness (QED) is 0.854. The molecule has 0 radical (unpaired) electrons. The molecule has 0 atom stereocenters. The zero-order valence-electron chi connectivity index (χ0n) is 9.53. The van der Waals surface area contributed by atoms with E-state index < -0.39 is 0 Å². The zero-order valence-corrected chi connectivity index (χ0v) is 12.7. The third-order valence-corrected chi connectivity index (χ3v) is 3.49. The van der Waals surface area contributed by atoms with Gasteiger partial charge in [-0.15, -0.1) is 0 Å². The number of phenolic OH excluding ortho intramolecular Hbond substituents is 1. The van der Waals surface area contributed by atoms with Gasteiger partial charge in [0.2, 0.25) is 0 Å². The second kappa shape index (κ2) is 6.20. The molecule has 2 N–H and O–H groups in total. The summed E-state index contributed by atoms with van der Waals surface area (Å²) in [6, 6.07) is 9.18. The van der Waals surface area contributed by atoms with Crippen LogP contribution in [-0.4, -0.2) is 16.6 Å². The number of nitrogens with one attached hydrogen (secondary N) is 1. The molecule has 94 valence electrons. The number of hydrogen-bond acceptors (Lipinski definition) is 3. The average Bonchev–Trinajstić information content (AvgIpc) is 2.34. The van der Waals surface area contributed by atoms with Gasteiger partial charge in [0.15, 0.2) is 0 Å². The lowest BCUT2D eigenvalue weighted by Gasteiger charge is -2.07. The standard InChI is InChI=1S/C13H12Br2N2O/c14-10-7-12(15)13(17-8-10)16-6-5-9-1-3-11(18)4-2-9/h1-4,7-8,18H,5-6H2,(H,16,17). The van der Waals surface area contributed by atoms with Crippen molar-refractivity contribution in [1.29, 1.82) is 0 Å². The summed E-state index contributed by atoms with van der Waals surface area (Å²) in [4.78, 5) is 4.28. The van der Waals surface area contributed by atoms with Gasteiger partial charge in [-0.25, -0.2) is 4.98 Å². The van der Waals surface area contributed by atoms with E-state index in [1.807, 2.05) is 18.2 Å². The topological polar surface area (TPSA) is 45.1 Å². The van der Waals surface area contributed by atoms with Crippen LogP contribution in [0.2, 0.25) is 0 Å². The van der Waals surface area contributed by atoms with Crippen LogP contribution in [0, 0.1) is 0 Å². The van der Waals surface area contributed by atoms with E-state index in [9.17, 15) is 5.11 Å². The Hall–Kier alpha value is -1.07. The highest BCUT2D eigenvalue weighted by Gasteiger charge is 2.01. The van der Waals surface area contributed by atoms with Crippen molar-refractivity contribution in [2.75, 3.05) is 11.9 Å². The molecule has 0 aliphatic carbocycles. The molecule has 0 fully saturated rings. The molecule has 0 bridgehead atoms. The van der Waals surface area contributed by atoms with Gasteiger partial charge in [-0.3, -0.25) is 0 Å². The highest BCUT2D eigenvalue weighted by atomic mass is 79.9. The molecule has 1 heterocycles. The van der Waals surface area contributed by atoms with Crippen LogP contribution in [0.5, 0.6) is 5.75 Å². The third kappa shape index (κ3) is 3.71. The van der Waals surface area contributed by atoms with E-state index in [2.05, 4.69) is 42.2 Å². The zero-order chi connectivity index (χ0) is 13.0. The van der Waals surface area contributed by atoms with Crippen molar-refractivity contribution in [2.45, 2.75) is 6.42 Å². The molecule has 0 unspecified atom stereocenters. The molecule has 0 saturated carbocycles. The smallest absolute Gasteiger partial charge is 0.140 e. The lowest BCUT2D eigenvalue weighted by atomic mass is 10.1. The fourth-order valence-corrected chi connectivity index (χ4v) is 2.66. The summed E-state index contributed by atoms with van der Waals surface area (Å²) in [5, 5.41) is 12.4. The van der Waals surface area contributed by atoms with Gasteiger partial charge in [0.25, 0.3) is 0 Å². The summed E-state index contributed by atoms with van der Waals surface area (Å²) >= 11 is 6.82. The third-order valence-electron chi connectivity index (χ3n) is 2.45. The Kier molecular flexibility index (Phi) is 4.60. The lowest BCUT2D eigenvalue weighted by Crippen LogP contribution is -2.06. The van der Waals surface area contributed by atoms with Crippen LogP contribution in [0.25, 0.3) is 0 Å². The molecule has 2 aromatic rings. The maximum Gasteiger partial charge on any atom is 0.140 e. The first-order chi connectivity index (χ1) is 8.65. The van der Waals surface area contributed by atoms with Crippen molar-refractivity contribution >= 4 is 37.7 Å². The monoisotopic (exact) mass is 370 g/mol. The fourth-order valence-electron chi connectivity index (χ4n) is 1.53. The normalized spacial score (nSPS) is 10.3. The van der Waals surface area contributed by atoms with E-state index in [0.29, 0.717) is 5.75 Å². The molecule has 0 spiro atoms. The molecule has 3 nitrogen and oxygen atoms in total. The van der Waals surface area contributed by atoms with Gasteiger partial charge in [-0.2, -0.15) is 0 Å². The molecular weight excluding hydrogens is 360 g/mol. The van der Waals surface area contributed by atoms with Crippen molar-refractivity contribution in [2.24, 2.45) is 0 Å². The number of pyridine rings is 1. The van der Waals surface area contributed by atoms with Gasteiger partial charge in [0, 0.05) is 17.2 Å². The minimum absolute atomic E-state index is 0.295. The van der Waals surface area contributed by atoms with Crippen molar-refractivity contribution in [3.05, 3.63) is 51.0 Å². The van der Waals surface area contributed by atoms with Crippen molar-refractivity contribution in [3.63, 3.8) is 0 Å². The van der Waals surface area contributed by atoms with Crippen LogP contribution in [0.1, 0.15) is 5.56 Å². The minimum atomic E-state index is 0.295. The Morgan fingerprint density at radius 3 is 2.56 bits per heavy atom. The van der Waals surface area contributed by atoms with Gasteiger partial charge >= 0.3 is 0 Å². The number of phenols is 1. The van der Waals surface area contributed by atoms with Crippen molar-refractivity contribution < 1.29 is 5.11 Å². The molecule has 18 heavy (non-hydrogen) atoms. The molecule has 0 saturated heterocycles. The van der Waals surface area contributed by atoms with Gasteiger partial charge < -0.3 is 10.4 Å². The summed E-state index contributed by atoms with van der Waals surface area (Å²) in [6.45, 7) is 0.790. The van der Waals surface area contributed by atoms with Gasteiger partial charge in [0.05, 0.1) is 4.47 Å². The Labute approximate surface area is 123 Å². The van der Waals surface area contributed by atoms with E-state index in [0.717, 1.165) is 27.7 Å². The second-order valence-electron chi connectivity index (χ2n) is 3.83. The van der Waals surface area contributed by atoms with Crippen LogP contribution in [0.3, 0.4) is 0 Å². The number of anilines is 1. The Bertz CT molecular complexity index is 529. The average molecular weight is 372 g/mol. The maximum atomic E-state index is 9.19. The van der Waals surface area contributed by atoms with E-state index in [1.54, 1.807) is 18.3 Å². The summed E-state index contributed by atoms with van der Waals surface area (Å²) < 4.78 is 1.88. The highest BCUT2D eigenvalue weighted by Crippen LogP contribution is 2.23. The van der Waals surface area contributed by atoms with Crippen LogP contribution in [0.4, 0.5) is 5.82 Å². The molecule has 0 amide bonds. The summed E-state index contributed by atoms with van der Waals surface area (Å²) in [7, 11) is 0. The Morgan fingerprint density at radius 2 is 1.89 bits per heavy atom. The molecule has 1 aromatic heterocycles. The predicted molar refractivity (Wildman–Crippen MR) is 79.9 cm³/mol. The fraction of sp³-hybridized carbons (Fsp3) is 0.154. The van der Waals surface area contributed by atoms with Crippen molar-refractivity contribution in [1.82, 2.24) is 4.98 Å². The molecule has 1 aromatic carbocycles. The number of nitrogens with zero attached hydrogens (tertiary/aromatic N) is 1. The number of hydrogen-bond donors (Lipinski definition) is 2. The Morgan fingerprint density at radius 1 is 1.17 bits per heavy atom. The van der Waals surface area contributed by atoms with E-state index in [4.69, 9.17) is 0 Å². The van der Waals surface area contributed by atoms with Crippen LogP contribution >= 0.6 is 31.9 Å². The largest absolute Gasteiger partial charge is 0.508 e. The minimum Gasteiger partial charge on any atom is -0.508 e. The maximum absolute atomic E-state index is 9.19. The second-order valence-corrected chi connectivity index (χ2v) is 5.60. The van der Waals surface area contributed by atoms with Gasteiger partial charge in [0.1, 0.15) is 11.6 Å². The van der Waals surface area contributed by atoms with Crippen LogP contribution in [-0.2, 0) is 6.42 Å². The van der Waals surface area contributed by atoms with Crippen LogP contribution < -0.4 is 5.32 Å². The molecule has 0 aliphatic heterocycles. The van der Waals surface area contributed by atoms with Crippen LogP contribution in [0.15, 0.2) is 45.5 Å². The van der Waals surface area contributed by atoms with Gasteiger partial charge in [-0.1, -0.05) is 12.1 Å². The van der Waals surface area contributed by atoms with E-state index in [1.165, 1.54) is 5.56 Å². The Balaban J connectivity index is 1.90. The first-order valence-corrected chi connectivity index (χ1v) is 7.06. The van der Waals surface area contributed by atoms with E-state index >= 15 is 0 Å². The first-order valence-electron chi connectivity index (χ1n) is 5.48. The molecule has 5 heteroatoms. The number of benzene rings is 1. The number of rotatable bonds is 4. The molecule has 2 rings (SSSR count). The van der Waals surface area contributed by atoms with Crippen molar-refractivity contribution in [3.8, 4) is 5.75 Å². The number of halogens is 2. The lowest BCUT2D eigenvalue weighted by molar-refractivity contribution is 0.475. The first kappa shape index (κ1) is 13.4. The summed E-state index contributed by atoms with van der Waals surface area (Å²) in [6.07, 6.45) is 2.64. The number of aromatic nitrogens is 1. The number of aromatic hydroxyl groups is 1. The molecular formula is C13H12Br2N2O. The predicted octanol–water partition coefficient (Wildman–Crippen LogP) is 3.97. The van der Waals surface area contributed by atoms with Gasteiger partial charge in [-0.05, 0) is 62.0 Å². The summed E-state index contributed by atoms with van der Waals surface area (Å²) in [5.74, 6) is 1.13.